The minimum Gasteiger partial charge on any atom is -0.332 e. The Labute approximate surface area is 143 Å². The molecule has 24 heavy (non-hydrogen) atoms. The van der Waals surface area contributed by atoms with Crippen molar-refractivity contribution in [3.8, 4) is 0 Å². The normalized spacial score (nSPS) is 11.5. The average Bonchev–Trinajstić information content (AvgIpc) is 2.60. The Bertz CT molecular complexity index is 785. The molecule has 2 aromatic carbocycles. The molecular weight excluding hydrogens is 324 g/mol. The van der Waals surface area contributed by atoms with E-state index in [4.69, 9.17) is 0 Å². The highest BCUT2D eigenvalue weighted by Crippen LogP contribution is 2.16. The number of nitrogens with one attached hydrogen (secondary N) is 1. The first-order valence-electron chi connectivity index (χ1n) is 7.73. The summed E-state index contributed by atoms with van der Waals surface area (Å²) in [6, 6.07) is 15.8. The minimum absolute atomic E-state index is 0.0263. The Balaban J connectivity index is 2.24. The maximum atomic E-state index is 12.8. The van der Waals surface area contributed by atoms with Crippen LogP contribution in [0.5, 0.6) is 0 Å². The molecule has 0 aromatic heterocycles. The van der Waals surface area contributed by atoms with Crippen molar-refractivity contribution >= 4 is 15.9 Å². The van der Waals surface area contributed by atoms with E-state index in [2.05, 4.69) is 4.72 Å². The van der Waals surface area contributed by atoms with Crippen LogP contribution in [0.3, 0.4) is 0 Å². The second kappa shape index (κ2) is 7.59. The van der Waals surface area contributed by atoms with Gasteiger partial charge in [-0.05, 0) is 50.7 Å². The number of amides is 1. The molecule has 6 heteroatoms. The molecule has 0 aliphatic heterocycles. The summed E-state index contributed by atoms with van der Waals surface area (Å²) < 4.78 is 25.8. The molecule has 0 saturated heterocycles. The second-order valence-electron chi connectivity index (χ2n) is 5.74. The SMILES string of the molecule is CNS(=O)(=O)c1ccc(C(=O)N(Cc2ccccc2)C(C)C)cc1. The second-order valence-corrected chi connectivity index (χ2v) is 7.63. The van der Waals surface area contributed by atoms with Gasteiger partial charge in [0.1, 0.15) is 0 Å². The topological polar surface area (TPSA) is 66.5 Å². The summed E-state index contributed by atoms with van der Waals surface area (Å²) >= 11 is 0. The van der Waals surface area contributed by atoms with Gasteiger partial charge in [-0.25, -0.2) is 13.1 Å². The Morgan fingerprint density at radius 2 is 1.62 bits per heavy atom. The summed E-state index contributed by atoms with van der Waals surface area (Å²) in [7, 11) is -2.14. The summed E-state index contributed by atoms with van der Waals surface area (Å²) in [5.41, 5.74) is 1.52. The van der Waals surface area contributed by atoms with Gasteiger partial charge >= 0.3 is 0 Å². The van der Waals surface area contributed by atoms with E-state index in [0.29, 0.717) is 12.1 Å². The van der Waals surface area contributed by atoms with Gasteiger partial charge in [0.05, 0.1) is 4.90 Å². The fourth-order valence-corrected chi connectivity index (χ4v) is 3.06. The third-order valence-corrected chi connectivity index (χ3v) is 5.19. The lowest BCUT2D eigenvalue weighted by atomic mass is 10.1. The van der Waals surface area contributed by atoms with E-state index in [0.717, 1.165) is 5.56 Å². The van der Waals surface area contributed by atoms with Gasteiger partial charge in [0.25, 0.3) is 5.91 Å². The lowest BCUT2D eigenvalue weighted by Crippen LogP contribution is -2.36. The molecule has 0 heterocycles. The number of hydrogen-bond acceptors (Lipinski definition) is 3. The Morgan fingerprint density at radius 3 is 2.12 bits per heavy atom. The third kappa shape index (κ3) is 4.21. The summed E-state index contributed by atoms with van der Waals surface area (Å²) in [6.45, 7) is 4.43. The first kappa shape index (κ1) is 18.2. The molecule has 0 fully saturated rings. The van der Waals surface area contributed by atoms with Gasteiger partial charge in [0, 0.05) is 18.2 Å². The van der Waals surface area contributed by atoms with Gasteiger partial charge in [-0.2, -0.15) is 0 Å². The molecule has 0 bridgehead atoms. The predicted molar refractivity (Wildman–Crippen MR) is 94.1 cm³/mol. The number of carbonyl (C=O) groups excluding carboxylic acids is 1. The van der Waals surface area contributed by atoms with Crippen molar-refractivity contribution in [2.24, 2.45) is 0 Å². The molecule has 0 atom stereocenters. The van der Waals surface area contributed by atoms with Crippen molar-refractivity contribution in [2.45, 2.75) is 31.3 Å². The van der Waals surface area contributed by atoms with Crippen LogP contribution in [0.4, 0.5) is 0 Å². The van der Waals surface area contributed by atoms with E-state index in [9.17, 15) is 13.2 Å². The van der Waals surface area contributed by atoms with Crippen LogP contribution < -0.4 is 4.72 Å². The average molecular weight is 346 g/mol. The van der Waals surface area contributed by atoms with E-state index in [1.54, 1.807) is 17.0 Å². The lowest BCUT2D eigenvalue weighted by molar-refractivity contribution is 0.0690. The Hall–Kier alpha value is -2.18. The van der Waals surface area contributed by atoms with Gasteiger partial charge in [-0.3, -0.25) is 4.79 Å². The van der Waals surface area contributed by atoms with Gasteiger partial charge in [-0.1, -0.05) is 30.3 Å². The number of nitrogens with zero attached hydrogens (tertiary/aromatic N) is 1. The smallest absolute Gasteiger partial charge is 0.254 e. The van der Waals surface area contributed by atoms with Gasteiger partial charge in [-0.15, -0.1) is 0 Å². The number of hydrogen-bond donors (Lipinski definition) is 1. The maximum Gasteiger partial charge on any atom is 0.254 e. The highest BCUT2D eigenvalue weighted by Gasteiger charge is 2.20. The van der Waals surface area contributed by atoms with Crippen molar-refractivity contribution in [3.05, 3.63) is 65.7 Å². The standard InChI is InChI=1S/C18H22N2O3S/c1-14(2)20(13-15-7-5-4-6-8-15)18(21)16-9-11-17(12-10-16)24(22,23)19-3/h4-12,14,19H,13H2,1-3H3. The summed E-state index contributed by atoms with van der Waals surface area (Å²) in [5, 5.41) is 0. The maximum absolute atomic E-state index is 12.8. The van der Waals surface area contributed by atoms with E-state index >= 15 is 0 Å². The molecule has 0 aliphatic carbocycles. The zero-order valence-corrected chi connectivity index (χ0v) is 14.9. The van der Waals surface area contributed by atoms with E-state index in [-0.39, 0.29) is 16.8 Å². The molecule has 5 nitrogen and oxygen atoms in total. The number of rotatable bonds is 6. The van der Waals surface area contributed by atoms with Crippen molar-refractivity contribution in [2.75, 3.05) is 7.05 Å². The summed E-state index contributed by atoms with van der Waals surface area (Å²) in [5.74, 6) is -0.123. The molecule has 0 radical (unpaired) electrons. The molecule has 2 aromatic rings. The fraction of sp³-hybridized carbons (Fsp3) is 0.278. The number of carbonyl (C=O) groups is 1. The van der Waals surface area contributed by atoms with Gasteiger partial charge < -0.3 is 4.90 Å². The molecule has 1 N–H and O–H groups in total. The molecule has 0 unspecified atom stereocenters. The largest absolute Gasteiger partial charge is 0.332 e. The first-order valence-corrected chi connectivity index (χ1v) is 9.22. The third-order valence-electron chi connectivity index (χ3n) is 3.76. The van der Waals surface area contributed by atoms with Gasteiger partial charge in [0.15, 0.2) is 0 Å². The zero-order chi connectivity index (χ0) is 17.7. The minimum atomic E-state index is -3.50. The molecule has 0 saturated carbocycles. The van der Waals surface area contributed by atoms with Crippen molar-refractivity contribution < 1.29 is 13.2 Å². The van der Waals surface area contributed by atoms with Gasteiger partial charge in [0.2, 0.25) is 10.0 Å². The van der Waals surface area contributed by atoms with Crippen molar-refractivity contribution in [1.82, 2.24) is 9.62 Å². The zero-order valence-electron chi connectivity index (χ0n) is 14.1. The Morgan fingerprint density at radius 1 is 1.04 bits per heavy atom. The van der Waals surface area contributed by atoms with Crippen LogP contribution >= 0.6 is 0 Å². The van der Waals surface area contributed by atoms with Crippen LogP contribution in [0.1, 0.15) is 29.8 Å². The molecule has 2 rings (SSSR count). The number of sulfonamides is 1. The van der Waals surface area contributed by atoms with E-state index in [1.165, 1.54) is 19.2 Å². The van der Waals surface area contributed by atoms with E-state index < -0.39 is 10.0 Å². The first-order chi connectivity index (χ1) is 11.3. The van der Waals surface area contributed by atoms with Crippen LogP contribution in [-0.2, 0) is 16.6 Å². The molecule has 128 valence electrons. The van der Waals surface area contributed by atoms with Crippen LogP contribution in [0, 0.1) is 0 Å². The lowest BCUT2D eigenvalue weighted by Gasteiger charge is -2.27. The van der Waals surface area contributed by atoms with Crippen molar-refractivity contribution in [1.29, 1.82) is 0 Å². The fourth-order valence-electron chi connectivity index (χ4n) is 2.33. The highest BCUT2D eigenvalue weighted by atomic mass is 32.2. The Kier molecular flexibility index (Phi) is 5.75. The monoisotopic (exact) mass is 346 g/mol. The summed E-state index contributed by atoms with van der Waals surface area (Å²) in [6.07, 6.45) is 0. The van der Waals surface area contributed by atoms with E-state index in [1.807, 2.05) is 44.2 Å². The van der Waals surface area contributed by atoms with Crippen LogP contribution in [0.2, 0.25) is 0 Å². The van der Waals surface area contributed by atoms with Crippen LogP contribution in [0.25, 0.3) is 0 Å². The molecule has 1 amide bonds. The molecular formula is C18H22N2O3S. The van der Waals surface area contributed by atoms with Crippen LogP contribution in [0.15, 0.2) is 59.5 Å². The molecule has 0 aliphatic rings. The van der Waals surface area contributed by atoms with Crippen molar-refractivity contribution in [3.63, 3.8) is 0 Å². The predicted octanol–water partition coefficient (Wildman–Crippen LogP) is 2.65. The summed E-state index contributed by atoms with van der Waals surface area (Å²) in [4.78, 5) is 14.7. The quantitative estimate of drug-likeness (QED) is 0.874. The molecule has 0 spiro atoms. The number of benzene rings is 2. The van der Waals surface area contributed by atoms with Crippen LogP contribution in [-0.4, -0.2) is 32.3 Å². The highest BCUT2D eigenvalue weighted by molar-refractivity contribution is 7.89.